The first-order chi connectivity index (χ1) is 7.13. The fourth-order valence-electron chi connectivity index (χ4n) is 1.57. The van der Waals surface area contributed by atoms with Crippen LogP contribution in [0.5, 0.6) is 0 Å². The summed E-state index contributed by atoms with van der Waals surface area (Å²) in [7, 11) is 0. The molecule has 78 valence electrons. The van der Waals surface area contributed by atoms with Crippen molar-refractivity contribution in [2.75, 3.05) is 0 Å². The Kier molecular flexibility index (Phi) is 2.26. The minimum Gasteiger partial charge on any atom is -0.347 e. The summed E-state index contributed by atoms with van der Waals surface area (Å²) in [5.74, 6) is -1.93. The van der Waals surface area contributed by atoms with E-state index >= 15 is 0 Å². The van der Waals surface area contributed by atoms with Crippen LogP contribution in [-0.2, 0) is 6.54 Å². The first-order valence-electron chi connectivity index (χ1n) is 4.61. The molecule has 0 aliphatic rings. The second-order valence-electron chi connectivity index (χ2n) is 3.25. The average Bonchev–Trinajstić information content (AvgIpc) is 2.22. The lowest BCUT2D eigenvalue weighted by molar-refractivity contribution is 0.510. The number of rotatable bonds is 1. The van der Waals surface area contributed by atoms with E-state index in [1.165, 1.54) is 6.07 Å². The van der Waals surface area contributed by atoms with Crippen LogP contribution in [0.4, 0.5) is 8.78 Å². The third-order valence-electron chi connectivity index (χ3n) is 2.36. The summed E-state index contributed by atoms with van der Waals surface area (Å²) in [6, 6.07) is 3.35. The molecule has 0 saturated heterocycles. The summed E-state index contributed by atoms with van der Waals surface area (Å²) in [6.07, 6.45) is 1.57. The Morgan fingerprint density at radius 3 is 2.60 bits per heavy atom. The number of pyridine rings is 1. The maximum atomic E-state index is 13.0. The smallest absolute Gasteiger partial charge is 0.189 e. The zero-order valence-electron chi connectivity index (χ0n) is 8.13. The molecule has 1 aromatic heterocycles. The summed E-state index contributed by atoms with van der Waals surface area (Å²) in [4.78, 5) is 11.4. The largest absolute Gasteiger partial charge is 0.347 e. The van der Waals surface area contributed by atoms with Crippen molar-refractivity contribution in [3.63, 3.8) is 0 Å². The van der Waals surface area contributed by atoms with Gasteiger partial charge in [-0.05, 0) is 13.0 Å². The van der Waals surface area contributed by atoms with Crippen LogP contribution >= 0.6 is 0 Å². The molecule has 0 bridgehead atoms. The normalized spacial score (nSPS) is 10.9. The van der Waals surface area contributed by atoms with Gasteiger partial charge in [-0.15, -0.1) is 0 Å². The Bertz CT molecular complexity index is 575. The summed E-state index contributed by atoms with van der Waals surface area (Å²) >= 11 is 0. The number of hydrogen-bond donors (Lipinski definition) is 0. The Morgan fingerprint density at radius 2 is 1.93 bits per heavy atom. The number of nitrogens with zero attached hydrogens (tertiary/aromatic N) is 1. The van der Waals surface area contributed by atoms with Crippen LogP contribution in [-0.4, -0.2) is 4.57 Å². The van der Waals surface area contributed by atoms with E-state index in [0.717, 1.165) is 12.1 Å². The Hall–Kier alpha value is -1.71. The second kappa shape index (κ2) is 3.46. The van der Waals surface area contributed by atoms with Gasteiger partial charge in [0.25, 0.3) is 0 Å². The molecule has 2 nitrogen and oxygen atoms in total. The molecule has 0 saturated carbocycles. The van der Waals surface area contributed by atoms with Crippen LogP contribution < -0.4 is 5.43 Å². The van der Waals surface area contributed by atoms with E-state index in [-0.39, 0.29) is 10.8 Å². The molecule has 0 aliphatic carbocycles. The van der Waals surface area contributed by atoms with E-state index < -0.39 is 11.6 Å². The summed E-state index contributed by atoms with van der Waals surface area (Å²) < 4.78 is 27.6. The quantitative estimate of drug-likeness (QED) is 0.706. The molecule has 1 aromatic carbocycles. The topological polar surface area (TPSA) is 22.0 Å². The molecule has 0 N–H and O–H groups in total. The van der Waals surface area contributed by atoms with Gasteiger partial charge in [0.2, 0.25) is 0 Å². The lowest BCUT2D eigenvalue weighted by Crippen LogP contribution is -2.08. The van der Waals surface area contributed by atoms with Gasteiger partial charge in [-0.2, -0.15) is 0 Å². The molecular formula is C11H9F2NO. The highest BCUT2D eigenvalue weighted by molar-refractivity contribution is 5.78. The van der Waals surface area contributed by atoms with E-state index in [4.69, 9.17) is 0 Å². The predicted molar refractivity (Wildman–Crippen MR) is 53.8 cm³/mol. The van der Waals surface area contributed by atoms with Gasteiger partial charge in [0.1, 0.15) is 0 Å². The fourth-order valence-corrected chi connectivity index (χ4v) is 1.57. The molecule has 2 aromatic rings. The van der Waals surface area contributed by atoms with Crippen LogP contribution in [0.3, 0.4) is 0 Å². The van der Waals surface area contributed by atoms with Crippen LogP contribution in [0, 0.1) is 11.6 Å². The van der Waals surface area contributed by atoms with Crippen molar-refractivity contribution < 1.29 is 8.78 Å². The molecule has 15 heavy (non-hydrogen) atoms. The van der Waals surface area contributed by atoms with Gasteiger partial charge < -0.3 is 4.57 Å². The Balaban J connectivity index is 2.95. The predicted octanol–water partition coefficient (Wildman–Crippen LogP) is 2.30. The van der Waals surface area contributed by atoms with Crippen molar-refractivity contribution in [1.29, 1.82) is 0 Å². The lowest BCUT2D eigenvalue weighted by Gasteiger charge is -2.07. The fraction of sp³-hybridized carbons (Fsp3) is 0.182. The van der Waals surface area contributed by atoms with Gasteiger partial charge in [-0.3, -0.25) is 4.79 Å². The molecule has 0 amide bonds. The zero-order valence-corrected chi connectivity index (χ0v) is 8.13. The van der Waals surface area contributed by atoms with Crippen LogP contribution in [0.1, 0.15) is 6.92 Å². The minimum absolute atomic E-state index is 0.207. The first-order valence-corrected chi connectivity index (χ1v) is 4.61. The van der Waals surface area contributed by atoms with Gasteiger partial charge in [0, 0.05) is 30.3 Å². The van der Waals surface area contributed by atoms with Crippen LogP contribution in [0.25, 0.3) is 10.9 Å². The third-order valence-corrected chi connectivity index (χ3v) is 2.36. The zero-order chi connectivity index (χ0) is 11.0. The Morgan fingerprint density at radius 1 is 1.27 bits per heavy atom. The van der Waals surface area contributed by atoms with E-state index in [1.807, 2.05) is 6.92 Å². The number of halogens is 2. The highest BCUT2D eigenvalue weighted by Crippen LogP contribution is 2.15. The molecule has 0 fully saturated rings. The molecule has 0 radical (unpaired) electrons. The summed E-state index contributed by atoms with van der Waals surface area (Å²) in [6.45, 7) is 2.47. The maximum Gasteiger partial charge on any atom is 0.189 e. The van der Waals surface area contributed by atoms with Crippen molar-refractivity contribution in [2.45, 2.75) is 13.5 Å². The molecule has 0 aliphatic heterocycles. The van der Waals surface area contributed by atoms with Crippen molar-refractivity contribution in [1.82, 2.24) is 4.57 Å². The SMILES string of the molecule is CCn1ccc(=O)c2cc(F)c(F)cc21. The number of aromatic nitrogens is 1. The average molecular weight is 209 g/mol. The van der Waals surface area contributed by atoms with Crippen molar-refractivity contribution >= 4 is 10.9 Å². The van der Waals surface area contributed by atoms with Gasteiger partial charge in [-0.25, -0.2) is 8.78 Å². The van der Waals surface area contributed by atoms with Crippen molar-refractivity contribution in [3.05, 3.63) is 46.3 Å². The number of aryl methyl sites for hydroxylation is 1. The number of benzene rings is 1. The Labute approximate surface area is 84.8 Å². The minimum atomic E-state index is -0.992. The molecule has 0 spiro atoms. The van der Waals surface area contributed by atoms with Gasteiger partial charge in [-0.1, -0.05) is 0 Å². The van der Waals surface area contributed by atoms with Crippen LogP contribution in [0.15, 0.2) is 29.2 Å². The van der Waals surface area contributed by atoms with E-state index in [0.29, 0.717) is 12.1 Å². The summed E-state index contributed by atoms with van der Waals surface area (Å²) in [5.41, 5.74) is 0.123. The van der Waals surface area contributed by atoms with Gasteiger partial charge in [0.05, 0.1) is 5.52 Å². The second-order valence-corrected chi connectivity index (χ2v) is 3.25. The van der Waals surface area contributed by atoms with E-state index in [1.54, 1.807) is 10.8 Å². The van der Waals surface area contributed by atoms with Crippen molar-refractivity contribution in [2.24, 2.45) is 0 Å². The number of fused-ring (bicyclic) bond motifs is 1. The maximum absolute atomic E-state index is 13.0. The van der Waals surface area contributed by atoms with Crippen molar-refractivity contribution in [3.8, 4) is 0 Å². The molecule has 2 rings (SSSR count). The number of hydrogen-bond acceptors (Lipinski definition) is 1. The molecule has 1 heterocycles. The lowest BCUT2D eigenvalue weighted by atomic mass is 10.2. The van der Waals surface area contributed by atoms with Gasteiger partial charge in [0.15, 0.2) is 17.1 Å². The monoisotopic (exact) mass is 209 g/mol. The van der Waals surface area contributed by atoms with Gasteiger partial charge >= 0.3 is 0 Å². The van der Waals surface area contributed by atoms with Crippen LogP contribution in [0.2, 0.25) is 0 Å². The summed E-state index contributed by atoms with van der Waals surface area (Å²) in [5, 5.41) is 0.207. The third kappa shape index (κ3) is 1.52. The standard InChI is InChI=1S/C11H9F2NO/c1-2-14-4-3-11(15)7-5-8(12)9(13)6-10(7)14/h3-6H,2H2,1H3. The molecule has 0 atom stereocenters. The molecular weight excluding hydrogens is 200 g/mol. The highest BCUT2D eigenvalue weighted by atomic mass is 19.2. The highest BCUT2D eigenvalue weighted by Gasteiger charge is 2.08. The van der Waals surface area contributed by atoms with E-state index in [9.17, 15) is 13.6 Å². The molecule has 4 heteroatoms. The van der Waals surface area contributed by atoms with E-state index in [2.05, 4.69) is 0 Å². The molecule has 0 unspecified atom stereocenters. The first kappa shape index (κ1) is 9.83.